The van der Waals surface area contributed by atoms with E-state index in [2.05, 4.69) is 15.6 Å². The van der Waals surface area contributed by atoms with Gasteiger partial charge in [0.25, 0.3) is 0 Å². The van der Waals surface area contributed by atoms with E-state index >= 15 is 0 Å². The van der Waals surface area contributed by atoms with E-state index in [1.165, 1.54) is 12.8 Å². The Morgan fingerprint density at radius 2 is 2.25 bits per heavy atom. The van der Waals surface area contributed by atoms with Gasteiger partial charge in [0, 0.05) is 12.5 Å². The molecular weight excluding hydrogens is 212 g/mol. The standard InChI is InChI=1S/C10H18N2O4/c13-9(12-16-7-10(14)15)5-4-8-3-1-2-6-11-8/h8,11H,1-7H2,(H,12,13)(H,14,15). The van der Waals surface area contributed by atoms with Crippen LogP contribution in [0.3, 0.4) is 0 Å². The number of carboxylic acid groups (broad SMARTS) is 1. The molecule has 0 radical (unpaired) electrons. The van der Waals surface area contributed by atoms with Crippen LogP contribution in [0.15, 0.2) is 0 Å². The molecule has 1 heterocycles. The number of carboxylic acids is 1. The molecule has 0 spiro atoms. The molecule has 6 heteroatoms. The van der Waals surface area contributed by atoms with Gasteiger partial charge in [0.05, 0.1) is 0 Å². The van der Waals surface area contributed by atoms with Gasteiger partial charge in [-0.25, -0.2) is 10.3 Å². The molecule has 0 aliphatic carbocycles. The Morgan fingerprint density at radius 1 is 1.44 bits per heavy atom. The fraction of sp³-hybridized carbons (Fsp3) is 0.800. The van der Waals surface area contributed by atoms with Gasteiger partial charge in [0.2, 0.25) is 5.91 Å². The van der Waals surface area contributed by atoms with Crippen LogP contribution in [-0.2, 0) is 14.4 Å². The highest BCUT2D eigenvalue weighted by Gasteiger charge is 2.13. The molecule has 0 aromatic heterocycles. The van der Waals surface area contributed by atoms with E-state index < -0.39 is 12.6 Å². The average Bonchev–Trinajstić information content (AvgIpc) is 2.27. The summed E-state index contributed by atoms with van der Waals surface area (Å²) in [7, 11) is 0. The number of carbonyl (C=O) groups is 2. The van der Waals surface area contributed by atoms with E-state index in [4.69, 9.17) is 5.11 Å². The molecule has 1 saturated heterocycles. The average molecular weight is 230 g/mol. The van der Waals surface area contributed by atoms with Crippen molar-refractivity contribution in [2.75, 3.05) is 13.2 Å². The quantitative estimate of drug-likeness (QED) is 0.561. The minimum atomic E-state index is -1.10. The van der Waals surface area contributed by atoms with Crippen molar-refractivity contribution in [3.63, 3.8) is 0 Å². The molecule has 92 valence electrons. The summed E-state index contributed by atoms with van der Waals surface area (Å²) in [4.78, 5) is 25.8. The lowest BCUT2D eigenvalue weighted by atomic mass is 10.0. The summed E-state index contributed by atoms with van der Waals surface area (Å²) < 4.78 is 0. The zero-order valence-corrected chi connectivity index (χ0v) is 9.20. The third-order valence-electron chi connectivity index (χ3n) is 2.51. The van der Waals surface area contributed by atoms with E-state index in [-0.39, 0.29) is 5.91 Å². The van der Waals surface area contributed by atoms with Gasteiger partial charge in [-0.2, -0.15) is 0 Å². The second kappa shape index (κ2) is 7.19. The van der Waals surface area contributed by atoms with Crippen LogP contribution in [0.1, 0.15) is 32.1 Å². The summed E-state index contributed by atoms with van der Waals surface area (Å²) in [6.45, 7) is 0.509. The molecule has 1 aliphatic heterocycles. The van der Waals surface area contributed by atoms with Crippen molar-refractivity contribution >= 4 is 11.9 Å². The lowest BCUT2D eigenvalue weighted by molar-refractivity contribution is -0.149. The maximum atomic E-state index is 11.2. The van der Waals surface area contributed by atoms with Crippen LogP contribution in [0.25, 0.3) is 0 Å². The lowest BCUT2D eigenvalue weighted by Crippen LogP contribution is -2.35. The third-order valence-corrected chi connectivity index (χ3v) is 2.51. The van der Waals surface area contributed by atoms with Crippen LogP contribution >= 0.6 is 0 Å². The SMILES string of the molecule is O=C(O)CONC(=O)CCC1CCCCN1. The molecule has 3 N–H and O–H groups in total. The summed E-state index contributed by atoms with van der Waals surface area (Å²) >= 11 is 0. The summed E-state index contributed by atoms with van der Waals surface area (Å²) in [5, 5.41) is 11.6. The van der Waals surface area contributed by atoms with Gasteiger partial charge in [-0.05, 0) is 25.8 Å². The number of piperidine rings is 1. The van der Waals surface area contributed by atoms with Gasteiger partial charge in [-0.3, -0.25) is 9.63 Å². The van der Waals surface area contributed by atoms with Gasteiger partial charge in [0.1, 0.15) is 0 Å². The maximum absolute atomic E-state index is 11.2. The summed E-state index contributed by atoms with van der Waals surface area (Å²) in [5.74, 6) is -1.37. The van der Waals surface area contributed by atoms with E-state index in [0.29, 0.717) is 12.5 Å². The fourth-order valence-electron chi connectivity index (χ4n) is 1.71. The lowest BCUT2D eigenvalue weighted by Gasteiger charge is -2.22. The Morgan fingerprint density at radius 3 is 2.88 bits per heavy atom. The monoisotopic (exact) mass is 230 g/mol. The molecule has 1 unspecified atom stereocenters. The molecule has 0 bridgehead atoms. The van der Waals surface area contributed by atoms with Crippen molar-refractivity contribution in [2.24, 2.45) is 0 Å². The largest absolute Gasteiger partial charge is 0.479 e. The number of rotatable bonds is 6. The van der Waals surface area contributed by atoms with Gasteiger partial charge in [-0.1, -0.05) is 6.42 Å². The number of carbonyl (C=O) groups excluding carboxylic acids is 1. The van der Waals surface area contributed by atoms with Crippen molar-refractivity contribution < 1.29 is 19.5 Å². The highest BCUT2D eigenvalue weighted by molar-refractivity contribution is 5.75. The van der Waals surface area contributed by atoms with E-state index in [0.717, 1.165) is 19.4 Å². The van der Waals surface area contributed by atoms with E-state index in [1.807, 2.05) is 0 Å². The predicted molar refractivity (Wildman–Crippen MR) is 56.6 cm³/mol. The van der Waals surface area contributed by atoms with Crippen LogP contribution in [0.4, 0.5) is 0 Å². The van der Waals surface area contributed by atoms with Crippen LogP contribution in [-0.4, -0.2) is 36.2 Å². The summed E-state index contributed by atoms with van der Waals surface area (Å²) in [6, 6.07) is 0.402. The van der Waals surface area contributed by atoms with Crippen LogP contribution < -0.4 is 10.8 Å². The minimum absolute atomic E-state index is 0.270. The van der Waals surface area contributed by atoms with Gasteiger partial charge >= 0.3 is 5.97 Å². The van der Waals surface area contributed by atoms with Gasteiger partial charge < -0.3 is 10.4 Å². The zero-order chi connectivity index (χ0) is 11.8. The highest BCUT2D eigenvalue weighted by atomic mass is 16.7. The number of amides is 1. The summed E-state index contributed by atoms with van der Waals surface area (Å²) in [6.07, 6.45) is 4.63. The van der Waals surface area contributed by atoms with Crippen molar-refractivity contribution in [3.05, 3.63) is 0 Å². The van der Waals surface area contributed by atoms with Gasteiger partial charge in [0.15, 0.2) is 6.61 Å². The van der Waals surface area contributed by atoms with E-state index in [9.17, 15) is 9.59 Å². The Hall–Kier alpha value is -1.14. The molecule has 1 fully saturated rings. The number of aliphatic carboxylic acids is 1. The van der Waals surface area contributed by atoms with Crippen LogP contribution in [0.2, 0.25) is 0 Å². The zero-order valence-electron chi connectivity index (χ0n) is 9.20. The Kier molecular flexibility index (Phi) is 5.81. The fourth-order valence-corrected chi connectivity index (χ4v) is 1.71. The normalized spacial score (nSPS) is 20.4. The van der Waals surface area contributed by atoms with Crippen LogP contribution in [0, 0.1) is 0 Å². The molecule has 1 rings (SSSR count). The second-order valence-electron chi connectivity index (χ2n) is 3.89. The Bertz CT molecular complexity index is 239. The number of hydrogen-bond acceptors (Lipinski definition) is 4. The van der Waals surface area contributed by atoms with Crippen molar-refractivity contribution in [1.82, 2.24) is 10.8 Å². The van der Waals surface area contributed by atoms with E-state index in [1.54, 1.807) is 0 Å². The first kappa shape index (κ1) is 12.9. The third kappa shape index (κ3) is 5.67. The maximum Gasteiger partial charge on any atom is 0.332 e. The molecule has 1 aliphatic rings. The van der Waals surface area contributed by atoms with Gasteiger partial charge in [-0.15, -0.1) is 0 Å². The smallest absolute Gasteiger partial charge is 0.332 e. The Balaban J connectivity index is 2.02. The number of hydroxylamine groups is 1. The molecule has 0 saturated carbocycles. The second-order valence-corrected chi connectivity index (χ2v) is 3.89. The van der Waals surface area contributed by atoms with Crippen molar-refractivity contribution in [1.29, 1.82) is 0 Å². The number of nitrogens with one attached hydrogen (secondary N) is 2. The van der Waals surface area contributed by atoms with Crippen molar-refractivity contribution in [3.8, 4) is 0 Å². The Labute approximate surface area is 94.3 Å². The van der Waals surface area contributed by atoms with Crippen molar-refractivity contribution in [2.45, 2.75) is 38.1 Å². The molecular formula is C10H18N2O4. The summed E-state index contributed by atoms with van der Waals surface area (Å²) in [5.41, 5.74) is 2.11. The predicted octanol–water partition coefficient (Wildman–Crippen LogP) is 0.0411. The number of hydrogen-bond donors (Lipinski definition) is 3. The molecule has 0 aromatic carbocycles. The topological polar surface area (TPSA) is 87.7 Å². The minimum Gasteiger partial charge on any atom is -0.479 e. The molecule has 16 heavy (non-hydrogen) atoms. The first-order valence-corrected chi connectivity index (χ1v) is 5.54. The molecule has 1 amide bonds. The molecule has 1 atom stereocenters. The first-order valence-electron chi connectivity index (χ1n) is 5.54. The molecule has 0 aromatic rings. The highest BCUT2D eigenvalue weighted by Crippen LogP contribution is 2.11. The first-order chi connectivity index (χ1) is 7.68. The van der Waals surface area contributed by atoms with Crippen LogP contribution in [0.5, 0.6) is 0 Å². The molecule has 6 nitrogen and oxygen atoms in total.